The number of allylic oxidation sites excluding steroid dienone is 1. The molecule has 0 fully saturated rings. The van der Waals surface area contributed by atoms with Crippen molar-refractivity contribution in [3.05, 3.63) is 11.7 Å². The lowest BCUT2D eigenvalue weighted by Crippen LogP contribution is -2.05. The number of unbranched alkanes of at least 4 members (excludes halogenated alkanes) is 3. The molecule has 0 saturated carbocycles. The maximum atomic E-state index is 12.9. The third-order valence-corrected chi connectivity index (χ3v) is 1.75. The van der Waals surface area contributed by atoms with E-state index in [1.165, 1.54) is 6.92 Å². The monoisotopic (exact) mass is 230 g/mol. The Hall–Kier alpha value is -1.37. The molecule has 2 nitrogen and oxygen atoms in total. The van der Waals surface area contributed by atoms with Gasteiger partial charge < -0.3 is 4.74 Å². The maximum Gasteiger partial charge on any atom is 0.371 e. The Morgan fingerprint density at radius 3 is 2.50 bits per heavy atom. The minimum absolute atomic E-state index is 0.00343. The summed E-state index contributed by atoms with van der Waals surface area (Å²) in [4.78, 5) is 10.8. The lowest BCUT2D eigenvalue weighted by molar-refractivity contribution is -0.140. The molecule has 0 aromatic carbocycles. The van der Waals surface area contributed by atoms with Gasteiger partial charge in [-0.15, -0.1) is 0 Å². The van der Waals surface area contributed by atoms with Crippen molar-refractivity contribution in [3.8, 4) is 11.8 Å². The van der Waals surface area contributed by atoms with Gasteiger partial charge in [0.05, 0.1) is 6.61 Å². The highest BCUT2D eigenvalue weighted by atomic mass is 19.2. The molecule has 0 aromatic heterocycles. The maximum absolute atomic E-state index is 12.9. The van der Waals surface area contributed by atoms with Crippen molar-refractivity contribution in [2.45, 2.75) is 39.5 Å². The van der Waals surface area contributed by atoms with Gasteiger partial charge in [0.2, 0.25) is 5.83 Å². The van der Waals surface area contributed by atoms with E-state index in [4.69, 9.17) is 0 Å². The van der Waals surface area contributed by atoms with Gasteiger partial charge in [0, 0.05) is 6.42 Å². The second kappa shape index (κ2) is 8.90. The average Bonchev–Trinajstić information content (AvgIpc) is 2.27. The zero-order chi connectivity index (χ0) is 12.4. The summed E-state index contributed by atoms with van der Waals surface area (Å²) in [6.07, 6.45) is 3.38. The molecule has 4 heteroatoms. The fraction of sp³-hybridized carbons (Fsp3) is 0.583. The van der Waals surface area contributed by atoms with Gasteiger partial charge >= 0.3 is 5.97 Å². The number of ether oxygens (including phenoxy) is 1. The lowest BCUT2D eigenvalue weighted by atomic mass is 10.2. The van der Waals surface area contributed by atoms with Crippen LogP contribution in [0.3, 0.4) is 0 Å². The van der Waals surface area contributed by atoms with Crippen molar-refractivity contribution in [1.29, 1.82) is 0 Å². The highest BCUT2D eigenvalue weighted by Crippen LogP contribution is 2.09. The van der Waals surface area contributed by atoms with Crippen LogP contribution in [0.1, 0.15) is 39.5 Å². The Morgan fingerprint density at radius 2 is 1.94 bits per heavy atom. The van der Waals surface area contributed by atoms with E-state index in [1.54, 1.807) is 0 Å². The topological polar surface area (TPSA) is 26.3 Å². The molecule has 0 unspecified atom stereocenters. The summed E-state index contributed by atoms with van der Waals surface area (Å²) in [5.41, 5.74) is 0. The van der Waals surface area contributed by atoms with E-state index in [0.717, 1.165) is 19.3 Å². The third kappa shape index (κ3) is 6.18. The Morgan fingerprint density at radius 1 is 1.25 bits per heavy atom. The number of halogens is 2. The first-order valence-electron chi connectivity index (χ1n) is 5.34. The normalized spacial score (nSPS) is 11.2. The minimum atomic E-state index is -1.55. The summed E-state index contributed by atoms with van der Waals surface area (Å²) < 4.78 is 30.1. The molecule has 0 radical (unpaired) electrons. The predicted molar refractivity (Wildman–Crippen MR) is 57.8 cm³/mol. The Kier molecular flexibility index (Phi) is 8.14. The first-order valence-corrected chi connectivity index (χ1v) is 5.34. The van der Waals surface area contributed by atoms with E-state index in [0.29, 0.717) is 6.42 Å². The zero-order valence-electron chi connectivity index (χ0n) is 9.61. The Bertz CT molecular complexity index is 311. The van der Waals surface area contributed by atoms with Crippen LogP contribution in [0.5, 0.6) is 0 Å². The largest absolute Gasteiger partial charge is 0.461 e. The number of hydrogen-bond donors (Lipinski definition) is 0. The summed E-state index contributed by atoms with van der Waals surface area (Å²) in [5, 5.41) is 0. The van der Waals surface area contributed by atoms with E-state index in [1.807, 2.05) is 12.8 Å². The molecule has 0 spiro atoms. The molecule has 0 heterocycles. The van der Waals surface area contributed by atoms with Crippen LogP contribution in [0.4, 0.5) is 8.78 Å². The van der Waals surface area contributed by atoms with Crippen LogP contribution in [0, 0.1) is 11.8 Å². The van der Waals surface area contributed by atoms with Gasteiger partial charge in [-0.2, -0.15) is 8.78 Å². The van der Waals surface area contributed by atoms with Crippen molar-refractivity contribution >= 4 is 5.97 Å². The highest BCUT2D eigenvalue weighted by molar-refractivity contribution is 5.87. The van der Waals surface area contributed by atoms with Gasteiger partial charge in [0.15, 0.2) is 0 Å². The standard InChI is InChI=1S/C12H16F2O2/c1-3-5-6-7-8-9-10(13)11(14)12(15)16-4-2/h3-7H2,1-2H3/b11-10+. The summed E-state index contributed by atoms with van der Waals surface area (Å²) in [6.45, 7) is 3.55. The number of hydrogen-bond acceptors (Lipinski definition) is 2. The molecule has 16 heavy (non-hydrogen) atoms. The Balaban J connectivity index is 4.24. The first kappa shape index (κ1) is 14.6. The van der Waals surface area contributed by atoms with Crippen LogP contribution < -0.4 is 0 Å². The molecule has 0 atom stereocenters. The van der Waals surface area contributed by atoms with Crippen molar-refractivity contribution in [2.75, 3.05) is 6.61 Å². The molecule has 0 aliphatic rings. The molecule has 0 saturated heterocycles. The third-order valence-electron chi connectivity index (χ3n) is 1.75. The van der Waals surface area contributed by atoms with Crippen LogP contribution in [0.15, 0.2) is 11.7 Å². The first-order chi connectivity index (χ1) is 7.63. The number of carbonyl (C=O) groups excluding carboxylic acids is 1. The lowest BCUT2D eigenvalue weighted by Gasteiger charge is -1.96. The van der Waals surface area contributed by atoms with E-state index in [2.05, 4.69) is 10.7 Å². The second-order valence-electron chi connectivity index (χ2n) is 3.11. The van der Waals surface area contributed by atoms with Gasteiger partial charge in [0.1, 0.15) is 0 Å². The van der Waals surface area contributed by atoms with E-state index in [9.17, 15) is 13.6 Å². The molecule has 0 bridgehead atoms. The quantitative estimate of drug-likeness (QED) is 0.313. The molecular formula is C12H16F2O2. The summed E-state index contributed by atoms with van der Waals surface area (Å²) >= 11 is 0. The summed E-state index contributed by atoms with van der Waals surface area (Å²) in [6, 6.07) is 0. The Labute approximate surface area is 94.7 Å². The molecule has 0 rings (SSSR count). The van der Waals surface area contributed by atoms with Gasteiger partial charge in [-0.25, -0.2) is 4.79 Å². The number of esters is 1. The highest BCUT2D eigenvalue weighted by Gasteiger charge is 2.14. The molecule has 0 aliphatic heterocycles. The zero-order valence-corrected chi connectivity index (χ0v) is 9.61. The number of rotatable bonds is 5. The molecule has 0 amide bonds. The molecular weight excluding hydrogens is 214 g/mol. The van der Waals surface area contributed by atoms with Crippen LogP contribution >= 0.6 is 0 Å². The van der Waals surface area contributed by atoms with E-state index in [-0.39, 0.29) is 6.61 Å². The molecule has 90 valence electrons. The average molecular weight is 230 g/mol. The number of carbonyl (C=O) groups is 1. The van der Waals surface area contributed by atoms with E-state index >= 15 is 0 Å². The van der Waals surface area contributed by atoms with Gasteiger partial charge in [-0.1, -0.05) is 25.7 Å². The van der Waals surface area contributed by atoms with Crippen LogP contribution in [0.2, 0.25) is 0 Å². The minimum Gasteiger partial charge on any atom is -0.461 e. The van der Waals surface area contributed by atoms with E-state index < -0.39 is 17.6 Å². The predicted octanol–water partition coefficient (Wildman–Crippen LogP) is 3.28. The van der Waals surface area contributed by atoms with Gasteiger partial charge in [-0.3, -0.25) is 0 Å². The van der Waals surface area contributed by atoms with Gasteiger partial charge in [-0.05, 0) is 19.3 Å². The van der Waals surface area contributed by atoms with Crippen molar-refractivity contribution < 1.29 is 18.3 Å². The fourth-order valence-corrected chi connectivity index (χ4v) is 0.942. The van der Waals surface area contributed by atoms with Crippen molar-refractivity contribution in [3.63, 3.8) is 0 Å². The smallest absolute Gasteiger partial charge is 0.371 e. The van der Waals surface area contributed by atoms with Crippen molar-refractivity contribution in [2.24, 2.45) is 0 Å². The van der Waals surface area contributed by atoms with Gasteiger partial charge in [0.25, 0.3) is 5.83 Å². The van der Waals surface area contributed by atoms with Crippen LogP contribution in [-0.2, 0) is 9.53 Å². The molecule has 0 N–H and O–H groups in total. The fourth-order valence-electron chi connectivity index (χ4n) is 0.942. The second-order valence-corrected chi connectivity index (χ2v) is 3.11. The van der Waals surface area contributed by atoms with Crippen LogP contribution in [-0.4, -0.2) is 12.6 Å². The van der Waals surface area contributed by atoms with Crippen LogP contribution in [0.25, 0.3) is 0 Å². The van der Waals surface area contributed by atoms with Crippen molar-refractivity contribution in [1.82, 2.24) is 0 Å². The molecule has 0 aromatic rings. The summed E-state index contributed by atoms with van der Waals surface area (Å²) in [5.74, 6) is 0.229. The molecule has 0 aliphatic carbocycles. The summed E-state index contributed by atoms with van der Waals surface area (Å²) in [7, 11) is 0. The SMILES string of the molecule is CCCCCC#C/C(F)=C(\F)C(=O)OCC.